The Morgan fingerprint density at radius 1 is 1.12 bits per heavy atom. The molecule has 0 aliphatic carbocycles. The molecule has 0 unspecified atom stereocenters. The number of fused-ring (bicyclic) bond motifs is 3. The van der Waals surface area contributed by atoms with Gasteiger partial charge in [-0.2, -0.15) is 0 Å². The molecule has 1 aromatic heterocycles. The summed E-state index contributed by atoms with van der Waals surface area (Å²) in [6.07, 6.45) is 0. The van der Waals surface area contributed by atoms with Gasteiger partial charge in [0.05, 0.1) is 19.9 Å². The van der Waals surface area contributed by atoms with E-state index in [0.717, 1.165) is 27.2 Å². The second-order valence-corrected chi connectivity index (χ2v) is 6.10. The summed E-state index contributed by atoms with van der Waals surface area (Å²) < 4.78 is 19.6. The average Bonchev–Trinajstić information content (AvgIpc) is 2.97. The maximum absolute atomic E-state index is 5.95. The fourth-order valence-corrected chi connectivity index (χ4v) is 3.53. The molecular formula is C18H15BrN2O3. The zero-order valence-electron chi connectivity index (χ0n) is 13.2. The summed E-state index contributed by atoms with van der Waals surface area (Å²) in [4.78, 5) is 4.71. The first-order valence-corrected chi connectivity index (χ1v) is 8.23. The molecule has 0 saturated carbocycles. The minimum absolute atomic E-state index is 0.376. The quantitative estimate of drug-likeness (QED) is 0.671. The summed E-state index contributed by atoms with van der Waals surface area (Å²) in [6.45, 7) is 0.376. The van der Waals surface area contributed by atoms with Crippen molar-refractivity contribution in [2.75, 3.05) is 14.2 Å². The van der Waals surface area contributed by atoms with E-state index >= 15 is 0 Å². The van der Waals surface area contributed by atoms with Crippen molar-refractivity contribution < 1.29 is 14.2 Å². The Balaban J connectivity index is 1.95. The highest BCUT2D eigenvalue weighted by atomic mass is 79.9. The molecule has 0 amide bonds. The van der Waals surface area contributed by atoms with Gasteiger partial charge in [0.1, 0.15) is 27.4 Å². The largest absolute Gasteiger partial charge is 0.496 e. The number of methoxy groups -OCH3 is 2. The van der Waals surface area contributed by atoms with Gasteiger partial charge in [-0.3, -0.25) is 4.57 Å². The standard InChI is InChI=1S/C18H15BrN2O3/c1-22-12-8-13(23-2)15-14(9-12)24-10-21-16(17(19)20-18(15)21)11-6-4-3-5-7-11/h3-9H,10H2,1-2H3. The van der Waals surface area contributed by atoms with Gasteiger partial charge in [-0.05, 0) is 15.9 Å². The predicted molar refractivity (Wildman–Crippen MR) is 94.5 cm³/mol. The van der Waals surface area contributed by atoms with Gasteiger partial charge < -0.3 is 14.2 Å². The second kappa shape index (κ2) is 5.87. The Labute approximate surface area is 147 Å². The molecular weight excluding hydrogens is 372 g/mol. The van der Waals surface area contributed by atoms with Crippen LogP contribution < -0.4 is 14.2 Å². The number of benzene rings is 2. The van der Waals surface area contributed by atoms with Crippen molar-refractivity contribution in [3.05, 3.63) is 47.1 Å². The topological polar surface area (TPSA) is 45.5 Å². The first kappa shape index (κ1) is 15.1. The minimum Gasteiger partial charge on any atom is -0.496 e. The van der Waals surface area contributed by atoms with E-state index in [4.69, 9.17) is 19.2 Å². The number of halogens is 1. The monoisotopic (exact) mass is 386 g/mol. The Hall–Kier alpha value is -2.47. The van der Waals surface area contributed by atoms with Crippen molar-refractivity contribution in [2.24, 2.45) is 0 Å². The molecule has 0 N–H and O–H groups in total. The first-order valence-electron chi connectivity index (χ1n) is 7.43. The summed E-state index contributed by atoms with van der Waals surface area (Å²) in [6, 6.07) is 13.8. The van der Waals surface area contributed by atoms with Gasteiger partial charge in [-0.15, -0.1) is 0 Å². The number of aromatic nitrogens is 2. The molecule has 0 spiro atoms. The van der Waals surface area contributed by atoms with Crippen LogP contribution in [-0.2, 0) is 6.73 Å². The van der Waals surface area contributed by atoms with Crippen molar-refractivity contribution in [3.8, 4) is 39.9 Å². The van der Waals surface area contributed by atoms with Gasteiger partial charge in [-0.25, -0.2) is 4.98 Å². The number of nitrogens with zero attached hydrogens (tertiary/aromatic N) is 2. The van der Waals surface area contributed by atoms with E-state index in [1.54, 1.807) is 14.2 Å². The van der Waals surface area contributed by atoms with E-state index < -0.39 is 0 Å². The molecule has 0 bridgehead atoms. The lowest BCUT2D eigenvalue weighted by atomic mass is 10.1. The summed E-state index contributed by atoms with van der Waals surface area (Å²) in [5, 5.41) is 0. The van der Waals surface area contributed by atoms with Gasteiger partial charge >= 0.3 is 0 Å². The molecule has 3 aromatic rings. The van der Waals surface area contributed by atoms with Crippen LogP contribution in [0.1, 0.15) is 0 Å². The number of hydrogen-bond acceptors (Lipinski definition) is 4. The van der Waals surface area contributed by atoms with Crippen molar-refractivity contribution in [1.82, 2.24) is 9.55 Å². The van der Waals surface area contributed by atoms with Crippen molar-refractivity contribution in [3.63, 3.8) is 0 Å². The lowest BCUT2D eigenvalue weighted by Crippen LogP contribution is -2.14. The average molecular weight is 387 g/mol. The fraction of sp³-hybridized carbons (Fsp3) is 0.167. The normalized spacial score (nSPS) is 12.1. The zero-order chi connectivity index (χ0) is 16.7. The van der Waals surface area contributed by atoms with Crippen LogP contribution in [0.25, 0.3) is 22.6 Å². The lowest BCUT2D eigenvalue weighted by Gasteiger charge is -2.23. The van der Waals surface area contributed by atoms with Gasteiger partial charge in [0.2, 0.25) is 0 Å². The van der Waals surface area contributed by atoms with Crippen LogP contribution in [0.15, 0.2) is 47.1 Å². The highest BCUT2D eigenvalue weighted by Gasteiger charge is 2.28. The molecule has 5 nitrogen and oxygen atoms in total. The maximum Gasteiger partial charge on any atom is 0.167 e. The Kier molecular flexibility index (Phi) is 3.69. The molecule has 0 saturated heterocycles. The third-order valence-electron chi connectivity index (χ3n) is 4.04. The summed E-state index contributed by atoms with van der Waals surface area (Å²) in [5.41, 5.74) is 2.88. The van der Waals surface area contributed by atoms with E-state index in [1.807, 2.05) is 34.9 Å². The molecule has 2 aromatic carbocycles. The van der Waals surface area contributed by atoms with Crippen LogP contribution in [0.2, 0.25) is 0 Å². The van der Waals surface area contributed by atoms with Gasteiger partial charge in [0.25, 0.3) is 0 Å². The van der Waals surface area contributed by atoms with Crippen LogP contribution in [-0.4, -0.2) is 23.8 Å². The second-order valence-electron chi connectivity index (χ2n) is 5.35. The molecule has 1 aliphatic rings. The van der Waals surface area contributed by atoms with Crippen LogP contribution in [0.3, 0.4) is 0 Å². The molecule has 0 radical (unpaired) electrons. The predicted octanol–water partition coefficient (Wildman–Crippen LogP) is 4.35. The Morgan fingerprint density at radius 2 is 1.92 bits per heavy atom. The van der Waals surface area contributed by atoms with E-state index in [-0.39, 0.29) is 0 Å². The van der Waals surface area contributed by atoms with Crippen LogP contribution in [0.4, 0.5) is 0 Å². The first-order chi connectivity index (χ1) is 11.7. The van der Waals surface area contributed by atoms with Gasteiger partial charge in [-0.1, -0.05) is 30.3 Å². The van der Waals surface area contributed by atoms with E-state index in [0.29, 0.717) is 24.0 Å². The van der Waals surface area contributed by atoms with Crippen LogP contribution in [0, 0.1) is 0 Å². The van der Waals surface area contributed by atoms with E-state index in [1.165, 1.54) is 0 Å². The molecule has 1 aliphatic heterocycles. The zero-order valence-corrected chi connectivity index (χ0v) is 14.8. The summed E-state index contributed by atoms with van der Waals surface area (Å²) in [5.74, 6) is 2.87. The third-order valence-corrected chi connectivity index (χ3v) is 4.59. The molecule has 4 rings (SSSR count). The maximum atomic E-state index is 5.95. The van der Waals surface area contributed by atoms with E-state index in [9.17, 15) is 0 Å². The Morgan fingerprint density at radius 3 is 2.62 bits per heavy atom. The minimum atomic E-state index is 0.376. The fourth-order valence-electron chi connectivity index (χ4n) is 2.92. The smallest absolute Gasteiger partial charge is 0.167 e. The number of hydrogen-bond donors (Lipinski definition) is 0. The van der Waals surface area contributed by atoms with Crippen LogP contribution in [0.5, 0.6) is 17.2 Å². The molecule has 24 heavy (non-hydrogen) atoms. The number of ether oxygens (including phenoxy) is 3. The summed E-state index contributed by atoms with van der Waals surface area (Å²) in [7, 11) is 3.25. The highest BCUT2D eigenvalue weighted by Crippen LogP contribution is 2.46. The number of rotatable bonds is 3. The van der Waals surface area contributed by atoms with Gasteiger partial charge in [0, 0.05) is 17.7 Å². The SMILES string of the molecule is COc1cc(OC)c2c(c1)OCn1c-2nc(Br)c1-c1ccccc1. The van der Waals surface area contributed by atoms with Crippen molar-refractivity contribution >= 4 is 15.9 Å². The van der Waals surface area contributed by atoms with Crippen molar-refractivity contribution in [1.29, 1.82) is 0 Å². The highest BCUT2D eigenvalue weighted by molar-refractivity contribution is 9.10. The Bertz CT molecular complexity index is 889. The summed E-state index contributed by atoms with van der Waals surface area (Å²) >= 11 is 3.59. The van der Waals surface area contributed by atoms with E-state index in [2.05, 4.69) is 28.1 Å². The molecule has 0 atom stereocenters. The number of imidazole rings is 1. The lowest BCUT2D eigenvalue weighted by molar-refractivity contribution is 0.228. The van der Waals surface area contributed by atoms with Gasteiger partial charge in [0.15, 0.2) is 12.6 Å². The molecule has 6 heteroatoms. The molecule has 122 valence electrons. The molecule has 2 heterocycles. The third kappa shape index (κ3) is 2.26. The van der Waals surface area contributed by atoms with Crippen molar-refractivity contribution in [2.45, 2.75) is 6.73 Å². The molecule has 0 fully saturated rings. The van der Waals surface area contributed by atoms with Crippen LogP contribution >= 0.6 is 15.9 Å².